The smallest absolute Gasteiger partial charge is 0.340 e. The minimum atomic E-state index is -0.715. The molecule has 120 valence electrons. The Balaban J connectivity index is 2.03. The zero-order chi connectivity index (χ0) is 16.5. The maximum absolute atomic E-state index is 12.5. The first kappa shape index (κ1) is 16.3. The van der Waals surface area contributed by atoms with Crippen molar-refractivity contribution >= 4 is 23.4 Å². The number of rotatable bonds is 6. The van der Waals surface area contributed by atoms with Gasteiger partial charge in [0.25, 0.3) is 0 Å². The van der Waals surface area contributed by atoms with E-state index in [9.17, 15) is 9.59 Å². The van der Waals surface area contributed by atoms with E-state index in [0.29, 0.717) is 0 Å². The first-order valence-electron chi connectivity index (χ1n) is 6.90. The molecule has 0 aliphatic rings. The Morgan fingerprint density at radius 3 is 1.78 bits per heavy atom. The van der Waals surface area contributed by atoms with Gasteiger partial charge in [-0.1, -0.05) is 36.4 Å². The second kappa shape index (κ2) is 8.37. The molecule has 2 aromatic carbocycles. The standard InChI is InChI=1S/C15H18N6O2/c16-14(22)19-17-11-18-20-15(23)21(12-7-3-1-4-8-12)13-9-5-2-6-10-13/h1-10,17-18H,11H2,(H,20,23)(H3,16,19,22). The molecule has 23 heavy (non-hydrogen) atoms. The van der Waals surface area contributed by atoms with Crippen molar-refractivity contribution in [3.63, 3.8) is 0 Å². The quantitative estimate of drug-likeness (QED) is 0.313. The fraction of sp³-hybridized carbons (Fsp3) is 0.0667. The summed E-state index contributed by atoms with van der Waals surface area (Å²) in [6, 6.07) is 17.4. The topological polar surface area (TPSA) is 112 Å². The number of urea groups is 2. The summed E-state index contributed by atoms with van der Waals surface area (Å²) >= 11 is 0. The van der Waals surface area contributed by atoms with Gasteiger partial charge in [-0.15, -0.1) is 0 Å². The number of carbonyl (C=O) groups is 2. The highest BCUT2D eigenvalue weighted by atomic mass is 16.2. The van der Waals surface area contributed by atoms with E-state index < -0.39 is 6.03 Å². The maximum Gasteiger partial charge on any atom is 0.340 e. The van der Waals surface area contributed by atoms with Crippen molar-refractivity contribution in [2.75, 3.05) is 11.6 Å². The second-order valence-electron chi connectivity index (χ2n) is 4.46. The molecule has 0 heterocycles. The first-order chi connectivity index (χ1) is 11.2. The van der Waals surface area contributed by atoms with E-state index in [2.05, 4.69) is 21.7 Å². The fourth-order valence-electron chi connectivity index (χ4n) is 1.89. The van der Waals surface area contributed by atoms with Crippen LogP contribution >= 0.6 is 0 Å². The van der Waals surface area contributed by atoms with Crippen LogP contribution < -0.4 is 32.3 Å². The van der Waals surface area contributed by atoms with Gasteiger partial charge in [0.15, 0.2) is 0 Å². The molecular formula is C15H18N6O2. The van der Waals surface area contributed by atoms with E-state index >= 15 is 0 Å². The molecule has 0 atom stereocenters. The molecule has 2 rings (SSSR count). The van der Waals surface area contributed by atoms with Crippen LogP contribution in [0.5, 0.6) is 0 Å². The van der Waals surface area contributed by atoms with E-state index in [1.165, 1.54) is 4.90 Å². The van der Waals surface area contributed by atoms with Gasteiger partial charge in [0.1, 0.15) is 0 Å². The molecule has 0 saturated heterocycles. The number of nitrogens with one attached hydrogen (secondary N) is 4. The zero-order valence-electron chi connectivity index (χ0n) is 12.3. The van der Waals surface area contributed by atoms with Crippen LogP contribution in [-0.2, 0) is 0 Å². The number of benzene rings is 2. The summed E-state index contributed by atoms with van der Waals surface area (Å²) in [6.45, 7) is 0.103. The van der Waals surface area contributed by atoms with Crippen LogP contribution in [0.25, 0.3) is 0 Å². The molecular weight excluding hydrogens is 296 g/mol. The first-order valence-corrected chi connectivity index (χ1v) is 6.90. The van der Waals surface area contributed by atoms with E-state index in [-0.39, 0.29) is 12.7 Å². The number of carbonyl (C=O) groups excluding carboxylic acids is 2. The van der Waals surface area contributed by atoms with Crippen molar-refractivity contribution in [2.24, 2.45) is 5.73 Å². The van der Waals surface area contributed by atoms with Crippen molar-refractivity contribution in [3.8, 4) is 0 Å². The van der Waals surface area contributed by atoms with E-state index in [0.717, 1.165) is 11.4 Å². The second-order valence-corrected chi connectivity index (χ2v) is 4.46. The molecule has 0 unspecified atom stereocenters. The van der Waals surface area contributed by atoms with Crippen LogP contribution in [0.1, 0.15) is 0 Å². The number of anilines is 2. The van der Waals surface area contributed by atoms with Crippen molar-refractivity contribution in [1.82, 2.24) is 21.7 Å². The van der Waals surface area contributed by atoms with Gasteiger partial charge in [-0.05, 0) is 24.3 Å². The van der Waals surface area contributed by atoms with Crippen LogP contribution in [0, 0.1) is 0 Å². The Labute approximate surface area is 133 Å². The third-order valence-corrected chi connectivity index (χ3v) is 2.82. The average molecular weight is 314 g/mol. The summed E-state index contributed by atoms with van der Waals surface area (Å²) < 4.78 is 0. The van der Waals surface area contributed by atoms with Gasteiger partial charge in [0.2, 0.25) is 0 Å². The van der Waals surface area contributed by atoms with E-state index in [1.807, 2.05) is 60.7 Å². The van der Waals surface area contributed by atoms with E-state index in [4.69, 9.17) is 5.73 Å². The lowest BCUT2D eigenvalue weighted by atomic mass is 10.2. The number of hydrazine groups is 2. The van der Waals surface area contributed by atoms with Gasteiger partial charge in [-0.2, -0.15) is 0 Å². The number of hydrogen-bond acceptors (Lipinski definition) is 4. The fourth-order valence-corrected chi connectivity index (χ4v) is 1.89. The molecule has 4 amide bonds. The normalized spacial score (nSPS) is 9.91. The van der Waals surface area contributed by atoms with Gasteiger partial charge in [0.05, 0.1) is 18.0 Å². The Kier molecular flexibility index (Phi) is 5.92. The maximum atomic E-state index is 12.5. The SMILES string of the molecule is NC(=O)NNCNNC(=O)N(c1ccccc1)c1ccccc1. The predicted molar refractivity (Wildman–Crippen MR) is 87.4 cm³/mol. The minimum absolute atomic E-state index is 0.103. The molecule has 0 saturated carbocycles. The highest BCUT2D eigenvalue weighted by Crippen LogP contribution is 2.24. The molecule has 0 aromatic heterocycles. The molecule has 6 N–H and O–H groups in total. The largest absolute Gasteiger partial charge is 0.351 e. The monoisotopic (exact) mass is 314 g/mol. The van der Waals surface area contributed by atoms with Gasteiger partial charge in [-0.25, -0.2) is 20.4 Å². The lowest BCUT2D eigenvalue weighted by Crippen LogP contribution is -2.52. The van der Waals surface area contributed by atoms with Crippen LogP contribution in [0.15, 0.2) is 60.7 Å². The molecule has 8 heteroatoms. The summed E-state index contributed by atoms with van der Waals surface area (Å²) in [6.07, 6.45) is 0. The number of nitrogens with two attached hydrogens (primary N) is 1. The van der Waals surface area contributed by atoms with Crippen LogP contribution in [0.2, 0.25) is 0 Å². The van der Waals surface area contributed by atoms with Crippen LogP contribution in [0.4, 0.5) is 21.0 Å². The van der Waals surface area contributed by atoms with Crippen LogP contribution in [0.3, 0.4) is 0 Å². The predicted octanol–water partition coefficient (Wildman–Crippen LogP) is 1.17. The van der Waals surface area contributed by atoms with Crippen molar-refractivity contribution < 1.29 is 9.59 Å². The third kappa shape index (κ3) is 4.99. The lowest BCUT2D eigenvalue weighted by molar-refractivity contribution is 0.240. The van der Waals surface area contributed by atoms with Gasteiger partial charge < -0.3 is 5.73 Å². The molecule has 2 aromatic rings. The molecule has 0 radical (unpaired) electrons. The summed E-state index contributed by atoms with van der Waals surface area (Å²) in [7, 11) is 0. The molecule has 0 aliphatic carbocycles. The Hall–Kier alpha value is -3.10. The highest BCUT2D eigenvalue weighted by molar-refractivity contribution is 5.99. The number of para-hydroxylation sites is 2. The molecule has 0 fully saturated rings. The number of primary amides is 1. The average Bonchev–Trinajstić information content (AvgIpc) is 2.56. The Bertz CT molecular complexity index is 595. The summed E-state index contributed by atoms with van der Waals surface area (Å²) in [5, 5.41) is 0. The molecule has 0 spiro atoms. The number of amides is 4. The highest BCUT2D eigenvalue weighted by Gasteiger charge is 2.16. The Morgan fingerprint density at radius 1 is 0.826 bits per heavy atom. The third-order valence-electron chi connectivity index (χ3n) is 2.82. The molecule has 0 aliphatic heterocycles. The van der Waals surface area contributed by atoms with Gasteiger partial charge >= 0.3 is 12.1 Å². The lowest BCUT2D eigenvalue weighted by Gasteiger charge is -2.23. The molecule has 0 bridgehead atoms. The zero-order valence-corrected chi connectivity index (χ0v) is 12.3. The molecule has 8 nitrogen and oxygen atoms in total. The van der Waals surface area contributed by atoms with Crippen molar-refractivity contribution in [1.29, 1.82) is 0 Å². The summed E-state index contributed by atoms with van der Waals surface area (Å²) in [4.78, 5) is 24.5. The van der Waals surface area contributed by atoms with Crippen LogP contribution in [-0.4, -0.2) is 18.7 Å². The number of hydrogen-bond donors (Lipinski definition) is 5. The van der Waals surface area contributed by atoms with E-state index in [1.54, 1.807) is 0 Å². The minimum Gasteiger partial charge on any atom is -0.351 e. The summed E-state index contributed by atoms with van der Waals surface area (Å²) in [5.41, 5.74) is 16.2. The van der Waals surface area contributed by atoms with Gasteiger partial charge in [-0.3, -0.25) is 15.8 Å². The van der Waals surface area contributed by atoms with Gasteiger partial charge in [0, 0.05) is 0 Å². The van der Waals surface area contributed by atoms with Crippen molar-refractivity contribution in [2.45, 2.75) is 0 Å². The number of nitrogens with zero attached hydrogens (tertiary/aromatic N) is 1. The van der Waals surface area contributed by atoms with Crippen molar-refractivity contribution in [3.05, 3.63) is 60.7 Å². The summed E-state index contributed by atoms with van der Waals surface area (Å²) in [5.74, 6) is 0. The Morgan fingerprint density at radius 2 is 1.30 bits per heavy atom.